The molecule has 1 aliphatic rings. The molecule has 10 heteroatoms. The van der Waals surface area contributed by atoms with E-state index in [4.69, 9.17) is 4.74 Å². The minimum absolute atomic E-state index is 0.171. The fourth-order valence-electron chi connectivity index (χ4n) is 4.48. The Kier molecular flexibility index (Phi) is 7.97. The van der Waals surface area contributed by atoms with E-state index in [1.54, 1.807) is 10.6 Å². The van der Waals surface area contributed by atoms with Crippen LogP contribution in [0.3, 0.4) is 0 Å². The summed E-state index contributed by atoms with van der Waals surface area (Å²) < 4.78 is 46.0. The Morgan fingerprint density at radius 2 is 1.68 bits per heavy atom. The van der Waals surface area contributed by atoms with E-state index >= 15 is 0 Å². The average Bonchev–Trinajstić information content (AvgIpc) is 3.30. The second-order valence-corrected chi connectivity index (χ2v) is 8.85. The molecule has 0 fully saturated rings. The number of aromatic nitrogens is 2. The lowest BCUT2D eigenvalue weighted by Crippen LogP contribution is -2.31. The van der Waals surface area contributed by atoms with Crippen molar-refractivity contribution in [3.05, 3.63) is 88.5 Å². The van der Waals surface area contributed by atoms with E-state index < -0.39 is 23.8 Å². The maximum absolute atomic E-state index is 13.3. The van der Waals surface area contributed by atoms with E-state index in [0.29, 0.717) is 48.5 Å². The Morgan fingerprint density at radius 1 is 1.00 bits per heavy atom. The fraction of sp³-hybridized carbons (Fsp3) is 0.370. The Hall–Kier alpha value is -3.66. The Labute approximate surface area is 213 Å². The van der Waals surface area contributed by atoms with Crippen molar-refractivity contribution in [1.29, 1.82) is 0 Å². The lowest BCUT2D eigenvalue weighted by atomic mass is 10.0. The Bertz CT molecular complexity index is 1240. The summed E-state index contributed by atoms with van der Waals surface area (Å²) in [7, 11) is 0. The summed E-state index contributed by atoms with van der Waals surface area (Å²) in [5.74, 6) is -0.730. The van der Waals surface area contributed by atoms with Gasteiger partial charge in [-0.1, -0.05) is 50.2 Å². The maximum Gasteiger partial charge on any atom is 0.433 e. The van der Waals surface area contributed by atoms with Gasteiger partial charge in [-0.3, -0.25) is 14.6 Å². The quantitative estimate of drug-likeness (QED) is 0.433. The average molecular weight is 515 g/mol. The third kappa shape index (κ3) is 5.85. The van der Waals surface area contributed by atoms with Gasteiger partial charge >= 0.3 is 6.18 Å². The third-order valence-corrected chi connectivity index (χ3v) is 6.49. The summed E-state index contributed by atoms with van der Waals surface area (Å²) in [4.78, 5) is 30.1. The SMILES string of the molecule is CC[C@H](NC(=O)c1cc(C(=O)N[C@H](CC)c2ccc(C(F)(F)F)nc2)c2n1CCOC2)c1ccccc1. The maximum atomic E-state index is 13.3. The summed E-state index contributed by atoms with van der Waals surface area (Å²) in [6.07, 6.45) is -2.28. The van der Waals surface area contributed by atoms with Gasteiger partial charge in [-0.15, -0.1) is 0 Å². The fourth-order valence-corrected chi connectivity index (χ4v) is 4.48. The van der Waals surface area contributed by atoms with Gasteiger partial charge in [-0.2, -0.15) is 13.2 Å². The van der Waals surface area contributed by atoms with Crippen molar-refractivity contribution in [2.24, 2.45) is 0 Å². The van der Waals surface area contributed by atoms with Crippen LogP contribution in [0, 0.1) is 0 Å². The number of nitrogens with zero attached hydrogens (tertiary/aromatic N) is 2. The number of fused-ring (bicyclic) bond motifs is 1. The van der Waals surface area contributed by atoms with Crippen LogP contribution in [0.4, 0.5) is 13.2 Å². The molecule has 0 bridgehead atoms. The van der Waals surface area contributed by atoms with Gasteiger partial charge in [0.15, 0.2) is 0 Å². The molecule has 0 aliphatic carbocycles. The van der Waals surface area contributed by atoms with Crippen molar-refractivity contribution in [3.8, 4) is 0 Å². The van der Waals surface area contributed by atoms with Gasteiger partial charge in [0.05, 0.1) is 36.6 Å². The molecule has 3 heterocycles. The standard InChI is InChI=1S/C27H29F3N4O3/c1-3-20(17-8-6-5-7-9-17)33-26(36)22-14-19(23-16-37-13-12-34(22)23)25(35)32-21(4-2)18-10-11-24(31-15-18)27(28,29)30/h5-11,14-15,20-21H,3-4,12-13,16H2,1-2H3,(H,32,35)(H,33,36)/t20-,21+/m0/s1. The number of ether oxygens (including phenoxy) is 1. The molecule has 2 atom stereocenters. The van der Waals surface area contributed by atoms with Gasteiger partial charge in [0.2, 0.25) is 0 Å². The lowest BCUT2D eigenvalue weighted by molar-refractivity contribution is -0.141. The molecule has 0 spiro atoms. The van der Waals surface area contributed by atoms with Gasteiger partial charge in [-0.05, 0) is 36.1 Å². The molecule has 0 unspecified atom stereocenters. The molecule has 0 radical (unpaired) electrons. The van der Waals surface area contributed by atoms with Crippen LogP contribution in [0.2, 0.25) is 0 Å². The zero-order valence-electron chi connectivity index (χ0n) is 20.6. The molecule has 196 valence electrons. The largest absolute Gasteiger partial charge is 0.433 e. The molecule has 1 aromatic carbocycles. The van der Waals surface area contributed by atoms with Crippen LogP contribution in [0.5, 0.6) is 0 Å². The highest BCUT2D eigenvalue weighted by Gasteiger charge is 2.33. The smallest absolute Gasteiger partial charge is 0.373 e. The summed E-state index contributed by atoms with van der Waals surface area (Å²) in [6.45, 7) is 4.80. The second-order valence-electron chi connectivity index (χ2n) is 8.85. The topological polar surface area (TPSA) is 85.3 Å². The van der Waals surface area contributed by atoms with E-state index in [0.717, 1.165) is 17.8 Å². The highest BCUT2D eigenvalue weighted by Crippen LogP contribution is 2.29. The number of carbonyl (C=O) groups excluding carboxylic acids is 2. The summed E-state index contributed by atoms with van der Waals surface area (Å²) in [5.41, 5.74) is 1.70. The van der Waals surface area contributed by atoms with E-state index in [9.17, 15) is 22.8 Å². The van der Waals surface area contributed by atoms with Crippen molar-refractivity contribution < 1.29 is 27.5 Å². The van der Waals surface area contributed by atoms with Crippen molar-refractivity contribution in [2.45, 2.75) is 58.1 Å². The van der Waals surface area contributed by atoms with Crippen molar-refractivity contribution in [1.82, 2.24) is 20.2 Å². The second kappa shape index (κ2) is 11.2. The van der Waals surface area contributed by atoms with Crippen LogP contribution in [0.25, 0.3) is 0 Å². The van der Waals surface area contributed by atoms with E-state index in [1.165, 1.54) is 6.07 Å². The number of benzene rings is 1. The predicted molar refractivity (Wildman–Crippen MR) is 131 cm³/mol. The third-order valence-electron chi connectivity index (χ3n) is 6.49. The Balaban J connectivity index is 1.56. The van der Waals surface area contributed by atoms with Crippen molar-refractivity contribution in [2.75, 3.05) is 6.61 Å². The number of pyridine rings is 1. The molecule has 7 nitrogen and oxygen atoms in total. The first-order chi connectivity index (χ1) is 17.7. The number of amides is 2. The van der Waals surface area contributed by atoms with E-state index in [-0.39, 0.29) is 18.6 Å². The first-order valence-corrected chi connectivity index (χ1v) is 12.2. The monoisotopic (exact) mass is 514 g/mol. The lowest BCUT2D eigenvalue weighted by Gasteiger charge is -2.22. The van der Waals surface area contributed by atoms with Crippen LogP contribution < -0.4 is 10.6 Å². The predicted octanol–water partition coefficient (Wildman–Crippen LogP) is 5.19. The van der Waals surface area contributed by atoms with Crippen molar-refractivity contribution >= 4 is 11.8 Å². The van der Waals surface area contributed by atoms with Gasteiger partial charge < -0.3 is 19.9 Å². The van der Waals surface area contributed by atoms with Gasteiger partial charge in [0, 0.05) is 12.7 Å². The first-order valence-electron chi connectivity index (χ1n) is 12.2. The van der Waals surface area contributed by atoms with Gasteiger partial charge in [-0.25, -0.2) is 0 Å². The van der Waals surface area contributed by atoms with Crippen LogP contribution in [-0.4, -0.2) is 28.0 Å². The number of halogens is 3. The number of hydrogen-bond acceptors (Lipinski definition) is 4. The molecule has 37 heavy (non-hydrogen) atoms. The van der Waals surface area contributed by atoms with E-state index in [1.807, 2.05) is 44.2 Å². The highest BCUT2D eigenvalue weighted by molar-refractivity contribution is 6.01. The molecular weight excluding hydrogens is 485 g/mol. The molecule has 3 aromatic rings. The summed E-state index contributed by atoms with van der Waals surface area (Å²) in [6, 6.07) is 12.7. The molecule has 2 N–H and O–H groups in total. The molecule has 0 saturated heterocycles. The number of rotatable bonds is 8. The van der Waals surface area contributed by atoms with E-state index in [2.05, 4.69) is 15.6 Å². The molecule has 2 amide bonds. The Morgan fingerprint density at radius 3 is 2.30 bits per heavy atom. The molecular formula is C27H29F3N4O3. The minimum Gasteiger partial charge on any atom is -0.373 e. The number of nitrogens with one attached hydrogen (secondary N) is 2. The molecule has 4 rings (SSSR count). The molecule has 2 aromatic heterocycles. The van der Waals surface area contributed by atoms with Crippen LogP contribution in [0.15, 0.2) is 54.7 Å². The number of alkyl halides is 3. The summed E-state index contributed by atoms with van der Waals surface area (Å²) >= 11 is 0. The van der Waals surface area contributed by atoms with Gasteiger partial charge in [0.1, 0.15) is 11.4 Å². The van der Waals surface area contributed by atoms with Gasteiger partial charge in [0.25, 0.3) is 11.8 Å². The minimum atomic E-state index is -4.54. The molecule has 1 aliphatic heterocycles. The van der Waals surface area contributed by atoms with Crippen LogP contribution in [-0.2, 0) is 24.1 Å². The number of hydrogen-bond donors (Lipinski definition) is 2. The summed E-state index contributed by atoms with van der Waals surface area (Å²) in [5, 5.41) is 5.94. The zero-order chi connectivity index (χ0) is 26.6. The van der Waals surface area contributed by atoms with Crippen LogP contribution in [0.1, 0.15) is 82.1 Å². The van der Waals surface area contributed by atoms with Crippen molar-refractivity contribution in [3.63, 3.8) is 0 Å². The highest BCUT2D eigenvalue weighted by atomic mass is 19.4. The normalized spacial score (nSPS) is 14.9. The first kappa shape index (κ1) is 26.4. The number of carbonyl (C=O) groups is 2. The molecule has 0 saturated carbocycles. The zero-order valence-corrected chi connectivity index (χ0v) is 20.6. The van der Waals surface area contributed by atoms with Crippen LogP contribution >= 0.6 is 0 Å².